The lowest BCUT2D eigenvalue weighted by molar-refractivity contribution is 0.194. The molecule has 2 unspecified atom stereocenters. The molecule has 1 aliphatic carbocycles. The Labute approximate surface area is 88.1 Å². The second-order valence-corrected chi connectivity index (χ2v) is 6.14. The highest BCUT2D eigenvalue weighted by atomic mass is 35.5. The fraction of sp³-hybridized carbons (Fsp3) is 1.00. The third kappa shape index (κ3) is 3.89. The Hall–Kier alpha value is 0.290. The Kier molecular flexibility index (Phi) is 4.09. The van der Waals surface area contributed by atoms with E-state index in [4.69, 9.17) is 11.6 Å². The highest BCUT2D eigenvalue weighted by Gasteiger charge is 2.25. The molecule has 0 saturated heterocycles. The molecule has 0 spiro atoms. The van der Waals surface area contributed by atoms with Crippen LogP contribution in [-0.2, 0) is 0 Å². The van der Waals surface area contributed by atoms with Crippen molar-refractivity contribution in [2.45, 2.75) is 64.7 Å². The maximum absolute atomic E-state index is 6.21. The first-order chi connectivity index (χ1) is 6.00. The van der Waals surface area contributed by atoms with Gasteiger partial charge in [0.25, 0.3) is 0 Å². The van der Waals surface area contributed by atoms with Crippen LogP contribution in [0.1, 0.15) is 59.3 Å². The van der Waals surface area contributed by atoms with Crippen LogP contribution < -0.4 is 0 Å². The smallest absolute Gasteiger partial charge is 0.0336 e. The van der Waals surface area contributed by atoms with Crippen molar-refractivity contribution in [3.05, 3.63) is 0 Å². The number of hydrogen-bond acceptors (Lipinski definition) is 0. The summed E-state index contributed by atoms with van der Waals surface area (Å²) in [6.07, 6.45) is 7.92. The molecule has 0 N–H and O–H groups in total. The van der Waals surface area contributed by atoms with Crippen LogP contribution in [0.3, 0.4) is 0 Å². The molecule has 78 valence electrons. The molecule has 2 atom stereocenters. The zero-order valence-corrected chi connectivity index (χ0v) is 10.0. The van der Waals surface area contributed by atoms with E-state index in [0.717, 1.165) is 5.92 Å². The van der Waals surface area contributed by atoms with Gasteiger partial charge in [-0.2, -0.15) is 0 Å². The van der Waals surface area contributed by atoms with Gasteiger partial charge in [-0.25, -0.2) is 0 Å². The molecule has 0 aliphatic heterocycles. The van der Waals surface area contributed by atoms with E-state index in [1.807, 2.05) is 0 Å². The van der Waals surface area contributed by atoms with Crippen LogP contribution in [-0.4, -0.2) is 5.38 Å². The summed E-state index contributed by atoms with van der Waals surface area (Å²) in [6.45, 7) is 7.09. The topological polar surface area (TPSA) is 0 Å². The molecule has 0 amide bonds. The van der Waals surface area contributed by atoms with Crippen molar-refractivity contribution in [3.63, 3.8) is 0 Å². The molecule has 1 heteroatoms. The Bertz CT molecular complexity index is 146. The number of rotatable bonds is 0. The van der Waals surface area contributed by atoms with Gasteiger partial charge in [-0.3, -0.25) is 0 Å². The fourth-order valence-electron chi connectivity index (χ4n) is 2.29. The molecule has 0 aromatic carbocycles. The fourth-order valence-corrected chi connectivity index (χ4v) is 2.57. The monoisotopic (exact) mass is 202 g/mol. The van der Waals surface area contributed by atoms with Crippen LogP contribution >= 0.6 is 11.6 Å². The van der Waals surface area contributed by atoms with E-state index in [2.05, 4.69) is 20.8 Å². The summed E-state index contributed by atoms with van der Waals surface area (Å²) in [7, 11) is 0. The van der Waals surface area contributed by atoms with Gasteiger partial charge in [0.05, 0.1) is 0 Å². The third-order valence-electron chi connectivity index (χ3n) is 3.37. The lowest BCUT2D eigenvalue weighted by Gasteiger charge is -2.33. The summed E-state index contributed by atoms with van der Waals surface area (Å²) in [6, 6.07) is 0. The largest absolute Gasteiger partial charge is 0.123 e. The molecular formula is C12H23Cl. The number of alkyl halides is 1. The summed E-state index contributed by atoms with van der Waals surface area (Å²) in [5.41, 5.74) is 0.480. The van der Waals surface area contributed by atoms with Gasteiger partial charge in [-0.1, -0.05) is 33.6 Å². The van der Waals surface area contributed by atoms with Crippen LogP contribution in [0.2, 0.25) is 0 Å². The first-order valence-electron chi connectivity index (χ1n) is 5.64. The Morgan fingerprint density at radius 1 is 0.923 bits per heavy atom. The summed E-state index contributed by atoms with van der Waals surface area (Å²) in [5.74, 6) is 0.883. The average Bonchev–Trinajstić information content (AvgIpc) is 1.94. The Morgan fingerprint density at radius 3 is 2.15 bits per heavy atom. The summed E-state index contributed by atoms with van der Waals surface area (Å²) in [4.78, 5) is 0. The number of hydrogen-bond donors (Lipinski definition) is 0. The minimum atomic E-state index is 0.449. The van der Waals surface area contributed by atoms with Crippen molar-refractivity contribution in [2.75, 3.05) is 0 Å². The zero-order valence-electron chi connectivity index (χ0n) is 9.28. The molecule has 1 saturated carbocycles. The Morgan fingerprint density at radius 2 is 1.54 bits per heavy atom. The second kappa shape index (κ2) is 4.68. The van der Waals surface area contributed by atoms with Gasteiger partial charge < -0.3 is 0 Å². The van der Waals surface area contributed by atoms with Crippen LogP contribution in [0.15, 0.2) is 0 Å². The van der Waals surface area contributed by atoms with Gasteiger partial charge in [0, 0.05) is 5.38 Å². The van der Waals surface area contributed by atoms with Crippen molar-refractivity contribution in [1.29, 1.82) is 0 Å². The molecule has 0 radical (unpaired) electrons. The van der Waals surface area contributed by atoms with Crippen molar-refractivity contribution in [1.82, 2.24) is 0 Å². The molecule has 0 heterocycles. The van der Waals surface area contributed by atoms with E-state index in [1.54, 1.807) is 0 Å². The van der Waals surface area contributed by atoms with E-state index in [9.17, 15) is 0 Å². The SMILES string of the molecule is CC(C)(C)C1CCCCC(Cl)CC1. The van der Waals surface area contributed by atoms with Gasteiger partial charge in [0.1, 0.15) is 0 Å². The van der Waals surface area contributed by atoms with Gasteiger partial charge in [-0.15, -0.1) is 11.6 Å². The minimum Gasteiger partial charge on any atom is -0.123 e. The molecule has 0 nitrogen and oxygen atoms in total. The first-order valence-corrected chi connectivity index (χ1v) is 6.08. The van der Waals surface area contributed by atoms with Gasteiger partial charge in [0.2, 0.25) is 0 Å². The van der Waals surface area contributed by atoms with E-state index in [1.165, 1.54) is 38.5 Å². The molecular weight excluding hydrogens is 180 g/mol. The predicted molar refractivity (Wildman–Crippen MR) is 60.3 cm³/mol. The van der Waals surface area contributed by atoms with Crippen LogP contribution in [0.5, 0.6) is 0 Å². The maximum Gasteiger partial charge on any atom is 0.0336 e. The molecule has 0 aromatic rings. The predicted octanol–water partition coefficient (Wildman–Crippen LogP) is 4.61. The molecule has 0 bridgehead atoms. The Balaban J connectivity index is 2.46. The summed E-state index contributed by atoms with van der Waals surface area (Å²) in [5, 5.41) is 0.449. The van der Waals surface area contributed by atoms with Crippen LogP contribution in [0.25, 0.3) is 0 Å². The van der Waals surface area contributed by atoms with Gasteiger partial charge >= 0.3 is 0 Å². The maximum atomic E-state index is 6.21. The van der Waals surface area contributed by atoms with E-state index in [0.29, 0.717) is 10.8 Å². The van der Waals surface area contributed by atoms with E-state index in [-0.39, 0.29) is 0 Å². The second-order valence-electron chi connectivity index (χ2n) is 5.52. The van der Waals surface area contributed by atoms with Crippen molar-refractivity contribution < 1.29 is 0 Å². The van der Waals surface area contributed by atoms with Crippen LogP contribution in [0, 0.1) is 11.3 Å². The average molecular weight is 203 g/mol. The highest BCUT2D eigenvalue weighted by Crippen LogP contribution is 2.36. The minimum absolute atomic E-state index is 0.449. The third-order valence-corrected chi connectivity index (χ3v) is 3.81. The van der Waals surface area contributed by atoms with Gasteiger partial charge in [-0.05, 0) is 37.0 Å². The standard InChI is InChI=1S/C12H23Cl/c1-12(2,3)10-6-4-5-7-11(13)9-8-10/h10-11H,4-9H2,1-3H3. The first kappa shape index (κ1) is 11.4. The molecule has 0 aromatic heterocycles. The molecule has 1 fully saturated rings. The summed E-state index contributed by atoms with van der Waals surface area (Å²) >= 11 is 6.21. The molecule has 1 aliphatic rings. The van der Waals surface area contributed by atoms with Crippen molar-refractivity contribution >= 4 is 11.6 Å². The van der Waals surface area contributed by atoms with Crippen molar-refractivity contribution in [2.24, 2.45) is 11.3 Å². The van der Waals surface area contributed by atoms with E-state index < -0.39 is 0 Å². The van der Waals surface area contributed by atoms with Crippen molar-refractivity contribution in [3.8, 4) is 0 Å². The lowest BCUT2D eigenvalue weighted by atomic mass is 9.74. The normalized spacial score (nSPS) is 32.3. The molecule has 13 heavy (non-hydrogen) atoms. The summed E-state index contributed by atoms with van der Waals surface area (Å²) < 4.78 is 0. The van der Waals surface area contributed by atoms with E-state index >= 15 is 0 Å². The van der Waals surface area contributed by atoms with Gasteiger partial charge in [0.15, 0.2) is 0 Å². The molecule has 1 rings (SSSR count). The highest BCUT2D eigenvalue weighted by molar-refractivity contribution is 6.20. The quantitative estimate of drug-likeness (QED) is 0.504. The lowest BCUT2D eigenvalue weighted by Crippen LogP contribution is -2.23. The number of halogens is 1. The van der Waals surface area contributed by atoms with Crippen LogP contribution in [0.4, 0.5) is 0 Å². The zero-order chi connectivity index (χ0) is 9.90.